The van der Waals surface area contributed by atoms with Crippen LogP contribution in [-0.4, -0.2) is 42.3 Å². The highest BCUT2D eigenvalue weighted by Crippen LogP contribution is 2.24. The Kier molecular flexibility index (Phi) is 5.09. The van der Waals surface area contributed by atoms with Crippen molar-refractivity contribution in [3.05, 3.63) is 42.1 Å². The Morgan fingerprint density at radius 3 is 2.56 bits per heavy atom. The molecule has 2 fully saturated rings. The molecule has 142 valence electrons. The van der Waals surface area contributed by atoms with Crippen molar-refractivity contribution >= 4 is 23.5 Å². The second-order valence-corrected chi connectivity index (χ2v) is 7.01. The van der Waals surface area contributed by atoms with Crippen LogP contribution >= 0.6 is 0 Å². The van der Waals surface area contributed by atoms with Gasteiger partial charge in [-0.1, -0.05) is 12.1 Å². The molecule has 1 unspecified atom stereocenters. The Labute approximate surface area is 159 Å². The first-order valence-corrected chi connectivity index (χ1v) is 9.59. The average Bonchev–Trinajstić information content (AvgIpc) is 3.15. The molecule has 1 aromatic heterocycles. The third kappa shape index (κ3) is 3.97. The maximum atomic E-state index is 11.7. The molecule has 7 heteroatoms. The van der Waals surface area contributed by atoms with Crippen LogP contribution in [0.15, 0.2) is 36.5 Å². The molecule has 2 aliphatic heterocycles. The molecular weight excluding hydrogens is 342 g/mol. The van der Waals surface area contributed by atoms with Crippen LogP contribution in [0.3, 0.4) is 0 Å². The zero-order valence-corrected chi connectivity index (χ0v) is 15.6. The zero-order valence-electron chi connectivity index (χ0n) is 15.6. The van der Waals surface area contributed by atoms with Gasteiger partial charge in [-0.2, -0.15) is 4.98 Å². The average molecular weight is 367 g/mol. The van der Waals surface area contributed by atoms with Gasteiger partial charge in [0.15, 0.2) is 0 Å². The molecule has 0 aliphatic carbocycles. The lowest BCUT2D eigenvalue weighted by molar-refractivity contribution is 0.181. The lowest BCUT2D eigenvalue weighted by Crippen LogP contribution is -2.29. The Balaban J connectivity index is 1.42. The summed E-state index contributed by atoms with van der Waals surface area (Å²) in [6.45, 7) is 5.28. The molecule has 1 atom stereocenters. The van der Waals surface area contributed by atoms with E-state index in [9.17, 15) is 4.79 Å². The Morgan fingerprint density at radius 1 is 1.07 bits per heavy atom. The monoisotopic (exact) mass is 367 g/mol. The maximum Gasteiger partial charge on any atom is 0.415 e. The molecule has 0 bridgehead atoms. The van der Waals surface area contributed by atoms with E-state index in [-0.39, 0.29) is 12.1 Å². The van der Waals surface area contributed by atoms with Crippen LogP contribution in [0.25, 0.3) is 0 Å². The molecule has 4 rings (SSSR count). The van der Waals surface area contributed by atoms with E-state index < -0.39 is 0 Å². The van der Waals surface area contributed by atoms with Crippen LogP contribution in [-0.2, 0) is 4.74 Å². The molecule has 1 aromatic carbocycles. The topological polar surface area (TPSA) is 70.6 Å². The molecule has 27 heavy (non-hydrogen) atoms. The number of cyclic esters (lactones) is 1. The molecule has 3 heterocycles. The summed E-state index contributed by atoms with van der Waals surface area (Å²) in [6.07, 6.45) is 5.18. The van der Waals surface area contributed by atoms with Gasteiger partial charge in [-0.3, -0.25) is 4.90 Å². The van der Waals surface area contributed by atoms with Crippen molar-refractivity contribution in [1.29, 1.82) is 0 Å². The lowest BCUT2D eigenvalue weighted by atomic mass is 10.1. The van der Waals surface area contributed by atoms with Gasteiger partial charge in [-0.25, -0.2) is 9.78 Å². The van der Waals surface area contributed by atoms with Gasteiger partial charge in [-0.15, -0.1) is 0 Å². The minimum Gasteiger partial charge on any atom is -0.447 e. The van der Waals surface area contributed by atoms with Crippen molar-refractivity contribution in [2.75, 3.05) is 41.4 Å². The summed E-state index contributed by atoms with van der Waals surface area (Å²) in [5.74, 6) is 1.06. The van der Waals surface area contributed by atoms with E-state index in [2.05, 4.69) is 51.4 Å². The van der Waals surface area contributed by atoms with E-state index >= 15 is 0 Å². The Morgan fingerprint density at radius 2 is 1.85 bits per heavy atom. The summed E-state index contributed by atoms with van der Waals surface area (Å²) in [7, 11) is 0. The number of nitrogens with zero attached hydrogens (tertiary/aromatic N) is 4. The number of amides is 1. The summed E-state index contributed by atoms with van der Waals surface area (Å²) in [4.78, 5) is 24.4. The number of rotatable bonds is 5. The predicted octanol–water partition coefficient (Wildman–Crippen LogP) is 3.60. The van der Waals surface area contributed by atoms with E-state index in [1.807, 2.05) is 0 Å². The van der Waals surface area contributed by atoms with Gasteiger partial charge in [0.25, 0.3) is 0 Å². The van der Waals surface area contributed by atoms with E-state index in [1.165, 1.54) is 35.4 Å². The smallest absolute Gasteiger partial charge is 0.415 e. The van der Waals surface area contributed by atoms with Crippen LogP contribution in [0.4, 0.5) is 22.2 Å². The van der Waals surface area contributed by atoms with Gasteiger partial charge in [0.05, 0.1) is 12.6 Å². The van der Waals surface area contributed by atoms with Crippen molar-refractivity contribution in [2.24, 2.45) is 0 Å². The third-order valence-electron chi connectivity index (χ3n) is 5.14. The number of benzene rings is 1. The fourth-order valence-electron chi connectivity index (χ4n) is 3.57. The van der Waals surface area contributed by atoms with Crippen LogP contribution in [0.5, 0.6) is 0 Å². The van der Waals surface area contributed by atoms with Crippen LogP contribution in [0.2, 0.25) is 0 Å². The number of carbonyl (C=O) groups excluding carboxylic acids is 1. The molecule has 7 nitrogen and oxygen atoms in total. The highest BCUT2D eigenvalue weighted by Gasteiger charge is 2.25. The highest BCUT2D eigenvalue weighted by atomic mass is 16.6. The van der Waals surface area contributed by atoms with Crippen LogP contribution in [0.1, 0.15) is 37.8 Å². The SMILES string of the molecule is CC(Nc1nccc(N2CCOC2=O)n1)c1ccc(N2CCCCC2)cc1. The minimum atomic E-state index is -0.360. The molecule has 2 aliphatic rings. The Bertz CT molecular complexity index is 789. The predicted molar refractivity (Wildman–Crippen MR) is 105 cm³/mol. The van der Waals surface area contributed by atoms with E-state index in [4.69, 9.17) is 4.74 Å². The molecule has 0 spiro atoms. The summed E-state index contributed by atoms with van der Waals surface area (Å²) in [6, 6.07) is 10.5. The number of hydrogen-bond donors (Lipinski definition) is 1. The number of aromatic nitrogens is 2. The molecule has 2 saturated heterocycles. The number of anilines is 3. The summed E-state index contributed by atoms with van der Waals surface area (Å²) in [5.41, 5.74) is 2.46. The van der Waals surface area contributed by atoms with Crippen molar-refractivity contribution in [1.82, 2.24) is 9.97 Å². The zero-order chi connectivity index (χ0) is 18.6. The van der Waals surface area contributed by atoms with Crippen LogP contribution < -0.4 is 15.1 Å². The number of hydrogen-bond acceptors (Lipinski definition) is 6. The molecular formula is C20H25N5O2. The van der Waals surface area contributed by atoms with Gasteiger partial charge in [0.2, 0.25) is 5.95 Å². The fraction of sp³-hybridized carbons (Fsp3) is 0.450. The molecule has 0 saturated carbocycles. The number of nitrogens with one attached hydrogen (secondary N) is 1. The van der Waals surface area contributed by atoms with E-state index in [0.29, 0.717) is 24.9 Å². The second-order valence-electron chi connectivity index (χ2n) is 7.01. The molecule has 1 amide bonds. The third-order valence-corrected chi connectivity index (χ3v) is 5.14. The first kappa shape index (κ1) is 17.6. The van der Waals surface area contributed by atoms with Gasteiger partial charge in [0.1, 0.15) is 12.4 Å². The largest absolute Gasteiger partial charge is 0.447 e. The quantitative estimate of drug-likeness (QED) is 0.871. The summed E-state index contributed by atoms with van der Waals surface area (Å²) in [5, 5.41) is 3.32. The van der Waals surface area contributed by atoms with Gasteiger partial charge in [0, 0.05) is 25.0 Å². The normalized spacial score (nSPS) is 18.3. The number of piperidine rings is 1. The summed E-state index contributed by atoms with van der Waals surface area (Å²) < 4.78 is 4.97. The van der Waals surface area contributed by atoms with Crippen molar-refractivity contribution < 1.29 is 9.53 Å². The Hall–Kier alpha value is -2.83. The van der Waals surface area contributed by atoms with E-state index in [0.717, 1.165) is 13.1 Å². The number of carbonyl (C=O) groups is 1. The van der Waals surface area contributed by atoms with Gasteiger partial charge in [-0.05, 0) is 49.9 Å². The summed E-state index contributed by atoms with van der Waals surface area (Å²) >= 11 is 0. The lowest BCUT2D eigenvalue weighted by Gasteiger charge is -2.29. The maximum absolute atomic E-state index is 11.7. The van der Waals surface area contributed by atoms with Crippen molar-refractivity contribution in [2.45, 2.75) is 32.2 Å². The minimum absolute atomic E-state index is 0.0567. The molecule has 1 N–H and O–H groups in total. The molecule has 2 aromatic rings. The van der Waals surface area contributed by atoms with Crippen LogP contribution in [0, 0.1) is 0 Å². The van der Waals surface area contributed by atoms with Gasteiger partial charge < -0.3 is 15.0 Å². The highest BCUT2D eigenvalue weighted by molar-refractivity contribution is 5.88. The van der Waals surface area contributed by atoms with E-state index in [1.54, 1.807) is 12.3 Å². The van der Waals surface area contributed by atoms with Gasteiger partial charge >= 0.3 is 6.09 Å². The second kappa shape index (κ2) is 7.82. The number of ether oxygens (including phenoxy) is 1. The molecule has 0 radical (unpaired) electrons. The van der Waals surface area contributed by atoms with Crippen molar-refractivity contribution in [3.8, 4) is 0 Å². The first-order valence-electron chi connectivity index (χ1n) is 9.59. The fourth-order valence-corrected chi connectivity index (χ4v) is 3.57. The first-order chi connectivity index (χ1) is 13.2. The standard InChI is InChI=1S/C20H25N5O2/c1-15(16-5-7-17(8-6-16)24-11-3-2-4-12-24)22-19-21-10-9-18(23-19)25-13-14-27-20(25)26/h5-10,15H,2-4,11-14H2,1H3,(H,21,22,23). The van der Waals surface area contributed by atoms with Crippen molar-refractivity contribution in [3.63, 3.8) is 0 Å².